The molecule has 2 aliphatic rings. The van der Waals surface area contributed by atoms with Gasteiger partial charge in [-0.2, -0.15) is 0 Å². The van der Waals surface area contributed by atoms with Gasteiger partial charge in [-0.3, -0.25) is 0 Å². The third-order valence-corrected chi connectivity index (χ3v) is 3.59. The largest absolute Gasteiger partial charge is 0.444 e. The molecule has 0 aromatic heterocycles. The number of likely N-dealkylation sites (tertiary alicyclic amines) is 1. The number of carbonyl (C=O) groups excluding carboxylic acids is 1. The maximum Gasteiger partial charge on any atom is 0.410 e. The van der Waals surface area contributed by atoms with Gasteiger partial charge in [0.1, 0.15) is 5.60 Å². The molecule has 86 valence electrons. The molecule has 0 radical (unpaired) electrons. The topological polar surface area (TPSA) is 29.5 Å². The molecule has 0 aromatic rings. The lowest BCUT2D eigenvalue weighted by Gasteiger charge is -2.24. The van der Waals surface area contributed by atoms with Crippen LogP contribution in [0.15, 0.2) is 0 Å². The van der Waals surface area contributed by atoms with Crippen molar-refractivity contribution in [3.05, 3.63) is 0 Å². The zero-order chi connectivity index (χ0) is 11.3. The highest BCUT2D eigenvalue weighted by Gasteiger charge is 2.54. The first-order valence-corrected chi connectivity index (χ1v) is 5.80. The molecule has 1 aliphatic carbocycles. The number of carbonyl (C=O) groups is 1. The van der Waals surface area contributed by atoms with Gasteiger partial charge in [0.15, 0.2) is 0 Å². The molecule has 1 spiro atoms. The molecule has 3 nitrogen and oxygen atoms in total. The van der Waals surface area contributed by atoms with E-state index in [4.69, 9.17) is 4.74 Å². The Balaban J connectivity index is 1.93. The first-order valence-electron chi connectivity index (χ1n) is 5.80. The molecule has 1 aliphatic heterocycles. The Bertz CT molecular complexity index is 276. The number of ether oxygens (including phenoxy) is 1. The summed E-state index contributed by atoms with van der Waals surface area (Å²) in [6, 6.07) is 0. The van der Waals surface area contributed by atoms with E-state index >= 15 is 0 Å². The number of hydrogen-bond donors (Lipinski definition) is 0. The van der Waals surface area contributed by atoms with Crippen molar-refractivity contribution in [3.63, 3.8) is 0 Å². The number of rotatable bonds is 0. The molecule has 3 heteroatoms. The number of nitrogens with zero attached hydrogens (tertiary/aromatic N) is 1. The van der Waals surface area contributed by atoms with Crippen LogP contribution < -0.4 is 0 Å². The van der Waals surface area contributed by atoms with Crippen molar-refractivity contribution >= 4 is 6.09 Å². The quantitative estimate of drug-likeness (QED) is 0.616. The van der Waals surface area contributed by atoms with Crippen molar-refractivity contribution in [2.75, 3.05) is 13.1 Å². The highest BCUT2D eigenvalue weighted by atomic mass is 16.6. The number of hydrogen-bond acceptors (Lipinski definition) is 2. The highest BCUT2D eigenvalue weighted by Crippen LogP contribution is 2.56. The Hall–Kier alpha value is -0.730. The van der Waals surface area contributed by atoms with Gasteiger partial charge in [-0.05, 0) is 44.9 Å². The molecule has 2 fully saturated rings. The van der Waals surface area contributed by atoms with E-state index < -0.39 is 0 Å². The van der Waals surface area contributed by atoms with Crippen LogP contribution in [0.4, 0.5) is 4.79 Å². The fourth-order valence-electron chi connectivity index (χ4n) is 2.40. The smallest absolute Gasteiger partial charge is 0.410 e. The molecule has 15 heavy (non-hydrogen) atoms. The summed E-state index contributed by atoms with van der Waals surface area (Å²) in [4.78, 5) is 13.7. The van der Waals surface area contributed by atoms with E-state index in [9.17, 15) is 4.79 Å². The molecule has 1 amide bonds. The minimum Gasteiger partial charge on any atom is -0.444 e. The summed E-state index contributed by atoms with van der Waals surface area (Å²) in [5, 5.41) is 0. The standard InChI is InChI=1S/C12H21NO2/c1-9-7-13(8-12(9)5-6-12)10(14)15-11(2,3)4/h9H,5-8H2,1-4H3/t9-/m1/s1. The Morgan fingerprint density at radius 2 is 2.00 bits per heavy atom. The van der Waals surface area contributed by atoms with E-state index in [1.807, 2.05) is 25.7 Å². The number of amides is 1. The van der Waals surface area contributed by atoms with Crippen molar-refractivity contribution in [2.24, 2.45) is 11.3 Å². The van der Waals surface area contributed by atoms with E-state index in [0.717, 1.165) is 13.1 Å². The van der Waals surface area contributed by atoms with Gasteiger partial charge < -0.3 is 9.64 Å². The first kappa shape index (κ1) is 10.8. The molecular formula is C12H21NO2. The van der Waals surface area contributed by atoms with E-state index in [1.54, 1.807) is 0 Å². The second-order valence-corrected chi connectivity index (χ2v) is 6.12. The lowest BCUT2D eigenvalue weighted by molar-refractivity contribution is 0.0283. The Kier molecular flexibility index (Phi) is 2.25. The van der Waals surface area contributed by atoms with Crippen LogP contribution in [-0.4, -0.2) is 29.7 Å². The van der Waals surface area contributed by atoms with Crippen LogP contribution in [0.2, 0.25) is 0 Å². The monoisotopic (exact) mass is 211 g/mol. The van der Waals surface area contributed by atoms with Crippen molar-refractivity contribution < 1.29 is 9.53 Å². The Labute approximate surface area is 91.8 Å². The lowest BCUT2D eigenvalue weighted by Crippen LogP contribution is -2.35. The summed E-state index contributed by atoms with van der Waals surface area (Å²) in [6.07, 6.45) is 2.43. The van der Waals surface area contributed by atoms with E-state index in [2.05, 4.69) is 6.92 Å². The fourth-order valence-corrected chi connectivity index (χ4v) is 2.40. The summed E-state index contributed by atoms with van der Waals surface area (Å²) in [5.41, 5.74) is 0.0799. The van der Waals surface area contributed by atoms with Gasteiger partial charge in [0, 0.05) is 13.1 Å². The molecular weight excluding hydrogens is 190 g/mol. The zero-order valence-corrected chi connectivity index (χ0v) is 10.2. The molecule has 0 aromatic carbocycles. The average molecular weight is 211 g/mol. The maximum atomic E-state index is 11.8. The maximum absolute atomic E-state index is 11.8. The molecule has 1 heterocycles. The third kappa shape index (κ3) is 2.11. The van der Waals surface area contributed by atoms with Crippen molar-refractivity contribution in [3.8, 4) is 0 Å². The minimum absolute atomic E-state index is 0.141. The summed E-state index contributed by atoms with van der Waals surface area (Å²) >= 11 is 0. The van der Waals surface area contributed by atoms with Crippen LogP contribution >= 0.6 is 0 Å². The fraction of sp³-hybridized carbons (Fsp3) is 0.917. The van der Waals surface area contributed by atoms with E-state index in [0.29, 0.717) is 11.3 Å². The molecule has 2 rings (SSSR count). The molecule has 1 saturated carbocycles. The molecule has 0 bridgehead atoms. The van der Waals surface area contributed by atoms with Gasteiger partial charge >= 0.3 is 6.09 Å². The van der Waals surface area contributed by atoms with E-state index in [1.165, 1.54) is 12.8 Å². The first-order chi connectivity index (χ1) is 6.82. The van der Waals surface area contributed by atoms with E-state index in [-0.39, 0.29) is 11.7 Å². The van der Waals surface area contributed by atoms with Gasteiger partial charge in [-0.15, -0.1) is 0 Å². The van der Waals surface area contributed by atoms with Crippen molar-refractivity contribution in [2.45, 2.75) is 46.1 Å². The van der Waals surface area contributed by atoms with Crippen LogP contribution in [0.3, 0.4) is 0 Å². The normalized spacial score (nSPS) is 28.3. The Morgan fingerprint density at radius 1 is 1.40 bits per heavy atom. The average Bonchev–Trinajstić information content (AvgIpc) is 2.73. The third-order valence-electron chi connectivity index (χ3n) is 3.59. The minimum atomic E-state index is -0.375. The van der Waals surface area contributed by atoms with Gasteiger partial charge in [-0.1, -0.05) is 6.92 Å². The predicted molar refractivity (Wildman–Crippen MR) is 58.6 cm³/mol. The van der Waals surface area contributed by atoms with Crippen LogP contribution in [0, 0.1) is 11.3 Å². The zero-order valence-electron chi connectivity index (χ0n) is 10.2. The molecule has 0 unspecified atom stereocenters. The summed E-state index contributed by atoms with van der Waals surface area (Å²) in [7, 11) is 0. The van der Waals surface area contributed by atoms with Crippen LogP contribution in [0.1, 0.15) is 40.5 Å². The summed E-state index contributed by atoms with van der Waals surface area (Å²) < 4.78 is 5.38. The van der Waals surface area contributed by atoms with Crippen molar-refractivity contribution in [1.29, 1.82) is 0 Å². The van der Waals surface area contributed by atoms with Crippen LogP contribution in [0.5, 0.6) is 0 Å². The van der Waals surface area contributed by atoms with Gasteiger partial charge in [0.25, 0.3) is 0 Å². The second-order valence-electron chi connectivity index (χ2n) is 6.12. The SMILES string of the molecule is C[C@@H]1CN(C(=O)OC(C)(C)C)CC12CC2. The lowest BCUT2D eigenvalue weighted by atomic mass is 9.95. The van der Waals surface area contributed by atoms with Crippen molar-refractivity contribution in [1.82, 2.24) is 4.90 Å². The summed E-state index contributed by atoms with van der Waals surface area (Å²) in [6.45, 7) is 9.77. The predicted octanol–water partition coefficient (Wildman–Crippen LogP) is 2.65. The molecule has 1 atom stereocenters. The molecule has 0 N–H and O–H groups in total. The van der Waals surface area contributed by atoms with Crippen LogP contribution in [-0.2, 0) is 4.74 Å². The van der Waals surface area contributed by atoms with Gasteiger partial charge in [0.2, 0.25) is 0 Å². The highest BCUT2D eigenvalue weighted by molar-refractivity contribution is 5.68. The Morgan fingerprint density at radius 3 is 2.40 bits per heavy atom. The van der Waals surface area contributed by atoms with Gasteiger partial charge in [-0.25, -0.2) is 4.79 Å². The van der Waals surface area contributed by atoms with Gasteiger partial charge in [0.05, 0.1) is 0 Å². The molecule has 1 saturated heterocycles. The van der Waals surface area contributed by atoms with Crippen LogP contribution in [0.25, 0.3) is 0 Å². The summed E-state index contributed by atoms with van der Waals surface area (Å²) in [5.74, 6) is 0.644. The second kappa shape index (κ2) is 3.13.